The Labute approximate surface area is 110 Å². The van der Waals surface area contributed by atoms with E-state index in [9.17, 15) is 18.0 Å². The first-order chi connectivity index (χ1) is 7.43. The molecule has 17 heavy (non-hydrogen) atoms. The van der Waals surface area contributed by atoms with Crippen molar-refractivity contribution < 1.29 is 43.0 Å². The second-order valence-corrected chi connectivity index (χ2v) is 3.02. The Balaban J connectivity index is 0. The molecule has 7 heteroatoms. The van der Waals surface area contributed by atoms with Gasteiger partial charge in [0.2, 0.25) is 0 Å². The molecule has 1 aromatic heterocycles. The number of pyridine rings is 1. The van der Waals surface area contributed by atoms with Crippen LogP contribution in [0.3, 0.4) is 0 Å². The van der Waals surface area contributed by atoms with Gasteiger partial charge >= 0.3 is 31.0 Å². The Hall–Kier alpha value is -0.993. The van der Waals surface area contributed by atoms with E-state index in [1.165, 1.54) is 0 Å². The number of nitrogens with zero attached hydrogens (tertiary/aromatic N) is 1. The Morgan fingerprint density at radius 2 is 2.18 bits per heavy atom. The predicted octanol–water partition coefficient (Wildman–Crippen LogP) is -0.677. The van der Waals surface area contributed by atoms with Crippen LogP contribution in [0.4, 0.5) is 13.2 Å². The molecule has 0 saturated heterocycles. The van der Waals surface area contributed by atoms with Crippen LogP contribution in [-0.2, 0) is 22.1 Å². The first-order valence-electron chi connectivity index (χ1n) is 4.61. The Bertz CT molecular complexity index is 388. The van der Waals surface area contributed by atoms with E-state index in [1.54, 1.807) is 6.92 Å². The third kappa shape index (κ3) is 5.24. The molecule has 0 aliphatic heterocycles. The molecule has 0 unspecified atom stereocenters. The van der Waals surface area contributed by atoms with Crippen molar-refractivity contribution in [2.75, 3.05) is 6.61 Å². The van der Waals surface area contributed by atoms with E-state index >= 15 is 0 Å². The molecule has 0 bridgehead atoms. The van der Waals surface area contributed by atoms with Gasteiger partial charge in [-0.15, -0.1) is 0 Å². The summed E-state index contributed by atoms with van der Waals surface area (Å²) in [4.78, 5) is 14.7. The Kier molecular flexibility index (Phi) is 6.28. The number of hydrogen-bond acceptors (Lipinski definition) is 3. The fourth-order valence-corrected chi connectivity index (χ4v) is 1.11. The van der Waals surface area contributed by atoms with E-state index in [-0.39, 0.29) is 39.0 Å². The number of carbonyl (C=O) groups excluding carboxylic acids is 1. The molecule has 0 aromatic carbocycles. The minimum atomic E-state index is -4.42. The van der Waals surface area contributed by atoms with Crippen LogP contribution in [0.5, 0.6) is 0 Å². The SMILES string of the molecule is CCOC(=O)Cc1cc(C(F)(F)F)ccn1.[H-].[Li+]. The zero-order valence-electron chi connectivity index (χ0n) is 10.5. The van der Waals surface area contributed by atoms with Crippen LogP contribution >= 0.6 is 0 Å². The van der Waals surface area contributed by atoms with Gasteiger partial charge in [-0.3, -0.25) is 9.78 Å². The van der Waals surface area contributed by atoms with Crippen LogP contribution < -0.4 is 18.9 Å². The Morgan fingerprint density at radius 1 is 1.53 bits per heavy atom. The summed E-state index contributed by atoms with van der Waals surface area (Å²) >= 11 is 0. The molecule has 0 saturated carbocycles. The number of hydrogen-bond donors (Lipinski definition) is 0. The van der Waals surface area contributed by atoms with Crippen molar-refractivity contribution in [2.24, 2.45) is 0 Å². The maximum atomic E-state index is 12.3. The van der Waals surface area contributed by atoms with E-state index in [2.05, 4.69) is 9.72 Å². The summed E-state index contributed by atoms with van der Waals surface area (Å²) in [7, 11) is 0. The number of ether oxygens (including phenoxy) is 1. The van der Waals surface area contributed by atoms with Gasteiger partial charge in [0.05, 0.1) is 24.3 Å². The normalized spacial score (nSPS) is 10.6. The van der Waals surface area contributed by atoms with Gasteiger partial charge < -0.3 is 6.16 Å². The fraction of sp³-hybridized carbons (Fsp3) is 0.400. The van der Waals surface area contributed by atoms with Gasteiger partial charge in [0.1, 0.15) is 0 Å². The van der Waals surface area contributed by atoms with Gasteiger partial charge in [-0.1, -0.05) is 0 Å². The summed E-state index contributed by atoms with van der Waals surface area (Å²) < 4.78 is 41.5. The van der Waals surface area contributed by atoms with Crippen LogP contribution in [0.15, 0.2) is 18.3 Å². The van der Waals surface area contributed by atoms with E-state index in [1.807, 2.05) is 0 Å². The summed E-state index contributed by atoms with van der Waals surface area (Å²) in [6.07, 6.45) is -3.65. The molecule has 0 aliphatic carbocycles. The van der Waals surface area contributed by atoms with Crippen LogP contribution in [0.2, 0.25) is 0 Å². The van der Waals surface area contributed by atoms with Crippen LogP contribution in [0, 0.1) is 0 Å². The molecule has 0 atom stereocenters. The number of halogens is 3. The van der Waals surface area contributed by atoms with Gasteiger partial charge in [0.25, 0.3) is 0 Å². The van der Waals surface area contributed by atoms with Crippen molar-refractivity contribution in [3.05, 3.63) is 29.6 Å². The van der Waals surface area contributed by atoms with Crippen molar-refractivity contribution in [1.82, 2.24) is 4.98 Å². The summed E-state index contributed by atoms with van der Waals surface area (Å²) in [5.41, 5.74) is -0.768. The zero-order valence-corrected chi connectivity index (χ0v) is 9.54. The molecule has 1 heterocycles. The number of esters is 1. The standard InChI is InChI=1S/C10H10F3NO2.Li.H/c1-2-16-9(15)6-8-5-7(3-4-14-8)10(11,12)13;;/h3-5H,2,6H2,1H3;;/q;+1;-1. The minimum Gasteiger partial charge on any atom is -1.00 e. The third-order valence-electron chi connectivity index (χ3n) is 1.77. The smallest absolute Gasteiger partial charge is 1.00 e. The monoisotopic (exact) mass is 241 g/mol. The second-order valence-electron chi connectivity index (χ2n) is 3.02. The van der Waals surface area contributed by atoms with Crippen molar-refractivity contribution in [3.63, 3.8) is 0 Å². The molecule has 1 aromatic rings. The Morgan fingerprint density at radius 3 is 2.71 bits per heavy atom. The average molecular weight is 241 g/mol. The largest absolute Gasteiger partial charge is 1.00 e. The molecule has 3 nitrogen and oxygen atoms in total. The molecule has 0 N–H and O–H groups in total. The minimum absolute atomic E-state index is 0. The van der Waals surface area contributed by atoms with Crippen molar-refractivity contribution in [1.29, 1.82) is 0 Å². The second kappa shape index (κ2) is 6.67. The maximum Gasteiger partial charge on any atom is 1.00 e. The van der Waals surface area contributed by atoms with Crippen LogP contribution in [0.25, 0.3) is 0 Å². The molecule has 0 spiro atoms. The topological polar surface area (TPSA) is 39.2 Å². The first-order valence-corrected chi connectivity index (χ1v) is 4.61. The van der Waals surface area contributed by atoms with Gasteiger partial charge in [-0.25, -0.2) is 0 Å². The molecule has 1 rings (SSSR count). The zero-order chi connectivity index (χ0) is 12.2. The van der Waals surface area contributed by atoms with E-state index in [4.69, 9.17) is 0 Å². The molecule has 0 fully saturated rings. The van der Waals surface area contributed by atoms with Crippen LogP contribution in [0.1, 0.15) is 19.6 Å². The summed E-state index contributed by atoms with van der Waals surface area (Å²) in [6.45, 7) is 1.81. The van der Waals surface area contributed by atoms with Crippen molar-refractivity contribution in [3.8, 4) is 0 Å². The number of alkyl halides is 3. The quantitative estimate of drug-likeness (QED) is 0.520. The third-order valence-corrected chi connectivity index (χ3v) is 1.77. The van der Waals surface area contributed by atoms with E-state index in [0.29, 0.717) is 0 Å². The molecule has 90 valence electrons. The molecule has 0 radical (unpaired) electrons. The molecular formula is C10H11F3LiNO2. The molecule has 0 aliphatic rings. The number of carbonyl (C=O) groups is 1. The average Bonchev–Trinajstić information content (AvgIpc) is 2.17. The number of aromatic nitrogens is 1. The van der Waals surface area contributed by atoms with E-state index < -0.39 is 17.7 Å². The predicted molar refractivity (Wildman–Crippen MR) is 50.7 cm³/mol. The fourth-order valence-electron chi connectivity index (χ4n) is 1.11. The maximum absolute atomic E-state index is 12.3. The molecular weight excluding hydrogens is 230 g/mol. The van der Waals surface area contributed by atoms with Gasteiger partial charge in [0, 0.05) is 6.20 Å². The summed E-state index contributed by atoms with van der Waals surface area (Å²) in [5.74, 6) is -0.589. The van der Waals surface area contributed by atoms with Crippen molar-refractivity contribution >= 4 is 5.97 Å². The van der Waals surface area contributed by atoms with E-state index in [0.717, 1.165) is 18.3 Å². The summed E-state index contributed by atoms with van der Waals surface area (Å²) in [6, 6.07) is 1.70. The summed E-state index contributed by atoms with van der Waals surface area (Å²) in [5, 5.41) is 0. The van der Waals surface area contributed by atoms with Crippen molar-refractivity contribution in [2.45, 2.75) is 19.5 Å². The first kappa shape index (κ1) is 16.0. The van der Waals surface area contributed by atoms with Gasteiger partial charge in [-0.05, 0) is 19.1 Å². The molecule has 0 amide bonds. The van der Waals surface area contributed by atoms with Gasteiger partial charge in [-0.2, -0.15) is 13.2 Å². The number of rotatable bonds is 3. The van der Waals surface area contributed by atoms with Crippen LogP contribution in [-0.4, -0.2) is 17.6 Å². The van der Waals surface area contributed by atoms with Gasteiger partial charge in [0.15, 0.2) is 0 Å².